The van der Waals surface area contributed by atoms with Crippen molar-refractivity contribution in [2.24, 2.45) is 5.14 Å². The van der Waals surface area contributed by atoms with E-state index < -0.39 is 22.9 Å². The van der Waals surface area contributed by atoms with Gasteiger partial charge in [-0.1, -0.05) is 18.2 Å². The number of nitrogens with one attached hydrogen (secondary N) is 1. The van der Waals surface area contributed by atoms with Crippen LogP contribution in [0.25, 0.3) is 0 Å². The second-order valence-electron chi connectivity index (χ2n) is 3.30. The van der Waals surface area contributed by atoms with Gasteiger partial charge in [-0.05, 0) is 13.0 Å². The van der Waals surface area contributed by atoms with Crippen molar-refractivity contribution in [3.63, 3.8) is 0 Å². The second-order valence-corrected chi connectivity index (χ2v) is 4.63. The van der Waals surface area contributed by atoms with Crippen LogP contribution in [-0.4, -0.2) is 15.0 Å². The van der Waals surface area contributed by atoms with Crippen LogP contribution in [0.1, 0.15) is 18.5 Å². The van der Waals surface area contributed by atoms with Crippen LogP contribution in [0.15, 0.2) is 24.3 Å². The van der Waals surface area contributed by atoms with Crippen LogP contribution in [0, 0.1) is 0 Å². The lowest BCUT2D eigenvalue weighted by Gasteiger charge is -2.16. The van der Waals surface area contributed by atoms with Crippen molar-refractivity contribution in [3.05, 3.63) is 29.8 Å². The highest BCUT2D eigenvalue weighted by molar-refractivity contribution is 7.87. The molecule has 1 atom stereocenters. The fourth-order valence-corrected chi connectivity index (χ4v) is 1.97. The molecule has 0 saturated heterocycles. The van der Waals surface area contributed by atoms with Gasteiger partial charge in [-0.3, -0.25) is 0 Å². The van der Waals surface area contributed by atoms with Gasteiger partial charge in [0, 0.05) is 11.6 Å². The molecule has 3 N–H and O–H groups in total. The summed E-state index contributed by atoms with van der Waals surface area (Å²) in [4.78, 5) is 0. The van der Waals surface area contributed by atoms with E-state index in [0.717, 1.165) is 0 Å². The fraction of sp³-hybridized carbons (Fsp3) is 0.333. The third-order valence-electron chi connectivity index (χ3n) is 1.94. The summed E-state index contributed by atoms with van der Waals surface area (Å²) in [7, 11) is -3.91. The highest BCUT2D eigenvalue weighted by atomic mass is 32.2. The molecule has 8 heteroatoms. The molecule has 0 aliphatic rings. The number of nitrogens with two attached hydrogens (primary N) is 1. The first-order valence-corrected chi connectivity index (χ1v) is 6.18. The highest BCUT2D eigenvalue weighted by Gasteiger charge is 2.17. The lowest BCUT2D eigenvalue weighted by molar-refractivity contribution is -0.0506. The summed E-state index contributed by atoms with van der Waals surface area (Å²) in [5, 5.41) is 4.80. The Morgan fingerprint density at radius 1 is 1.35 bits per heavy atom. The van der Waals surface area contributed by atoms with Crippen molar-refractivity contribution in [1.29, 1.82) is 0 Å². The van der Waals surface area contributed by atoms with Crippen LogP contribution in [0.5, 0.6) is 5.75 Å². The summed E-state index contributed by atoms with van der Waals surface area (Å²) in [6, 6.07) is 5.11. The molecule has 0 radical (unpaired) electrons. The molecule has 0 aliphatic heterocycles. The number of alkyl halides is 2. The van der Waals surface area contributed by atoms with Crippen molar-refractivity contribution >= 4 is 10.2 Å². The Labute approximate surface area is 97.8 Å². The normalized spacial score (nSPS) is 13.7. The van der Waals surface area contributed by atoms with E-state index in [4.69, 9.17) is 5.14 Å². The van der Waals surface area contributed by atoms with Gasteiger partial charge in [0.1, 0.15) is 5.75 Å². The Hall–Kier alpha value is -1.25. The third kappa shape index (κ3) is 4.63. The number of rotatable bonds is 5. The van der Waals surface area contributed by atoms with Gasteiger partial charge in [0.25, 0.3) is 10.2 Å². The van der Waals surface area contributed by atoms with Crippen molar-refractivity contribution in [3.8, 4) is 5.75 Å². The quantitative estimate of drug-likeness (QED) is 0.838. The minimum Gasteiger partial charge on any atom is -0.434 e. The SMILES string of the molecule is CC(NS(N)(=O)=O)c1ccccc1OC(F)F. The number of hydrogen-bond acceptors (Lipinski definition) is 3. The van der Waals surface area contributed by atoms with Crippen molar-refractivity contribution in [2.45, 2.75) is 19.6 Å². The molecule has 1 aromatic rings. The topological polar surface area (TPSA) is 81.4 Å². The Morgan fingerprint density at radius 3 is 2.47 bits per heavy atom. The van der Waals surface area contributed by atoms with Gasteiger partial charge < -0.3 is 4.74 Å². The zero-order valence-corrected chi connectivity index (χ0v) is 9.75. The smallest absolute Gasteiger partial charge is 0.387 e. The van der Waals surface area contributed by atoms with E-state index in [9.17, 15) is 17.2 Å². The molecule has 0 amide bonds. The van der Waals surface area contributed by atoms with Crippen LogP contribution >= 0.6 is 0 Å². The molecule has 0 aromatic heterocycles. The maximum absolute atomic E-state index is 12.1. The molecule has 17 heavy (non-hydrogen) atoms. The van der Waals surface area contributed by atoms with Crippen LogP contribution in [0.3, 0.4) is 0 Å². The predicted octanol–water partition coefficient (Wildman–Crippen LogP) is 1.14. The molecule has 0 saturated carbocycles. The average molecular weight is 266 g/mol. The van der Waals surface area contributed by atoms with Crippen LogP contribution in [0.2, 0.25) is 0 Å². The summed E-state index contributed by atoms with van der Waals surface area (Å²) in [6.07, 6.45) is 0. The van der Waals surface area contributed by atoms with Gasteiger partial charge >= 0.3 is 6.61 Å². The van der Waals surface area contributed by atoms with Gasteiger partial charge in [-0.25, -0.2) is 5.14 Å². The standard InChI is InChI=1S/C9H12F2N2O3S/c1-6(13-17(12,14)15)7-4-2-3-5-8(7)16-9(10)11/h2-6,9,13H,1H3,(H2,12,14,15). The number of halogens is 2. The molecule has 0 spiro atoms. The molecule has 0 fully saturated rings. The van der Waals surface area contributed by atoms with Crippen LogP contribution in [-0.2, 0) is 10.2 Å². The molecule has 5 nitrogen and oxygen atoms in total. The summed E-state index contributed by atoms with van der Waals surface area (Å²) in [5.74, 6) is -0.0915. The second kappa shape index (κ2) is 5.39. The minimum atomic E-state index is -3.91. The highest BCUT2D eigenvalue weighted by Crippen LogP contribution is 2.26. The first-order chi connectivity index (χ1) is 7.79. The number of hydrogen-bond donors (Lipinski definition) is 2. The van der Waals surface area contributed by atoms with E-state index >= 15 is 0 Å². The summed E-state index contributed by atoms with van der Waals surface area (Å²) >= 11 is 0. The third-order valence-corrected chi connectivity index (χ3v) is 2.62. The molecule has 1 unspecified atom stereocenters. The van der Waals surface area contributed by atoms with Gasteiger partial charge in [-0.2, -0.15) is 21.9 Å². The van der Waals surface area contributed by atoms with E-state index in [1.807, 2.05) is 0 Å². The number of ether oxygens (including phenoxy) is 1. The van der Waals surface area contributed by atoms with Gasteiger partial charge in [0.2, 0.25) is 0 Å². The van der Waals surface area contributed by atoms with E-state index in [2.05, 4.69) is 9.46 Å². The summed E-state index contributed by atoms with van der Waals surface area (Å²) in [6.45, 7) is -1.50. The fourth-order valence-electron chi connectivity index (χ4n) is 1.35. The lowest BCUT2D eigenvalue weighted by atomic mass is 10.1. The van der Waals surface area contributed by atoms with Gasteiger partial charge in [0.05, 0.1) is 0 Å². The summed E-state index contributed by atoms with van der Waals surface area (Å²) < 4.78 is 52.2. The lowest BCUT2D eigenvalue weighted by Crippen LogP contribution is -2.33. The number of para-hydroxylation sites is 1. The minimum absolute atomic E-state index is 0.0915. The zero-order valence-electron chi connectivity index (χ0n) is 8.93. The van der Waals surface area contributed by atoms with E-state index in [1.165, 1.54) is 25.1 Å². The Kier molecular flexibility index (Phi) is 4.38. The average Bonchev–Trinajstić information content (AvgIpc) is 2.14. The molecular weight excluding hydrogens is 254 g/mol. The monoisotopic (exact) mass is 266 g/mol. The van der Waals surface area contributed by atoms with Crippen molar-refractivity contribution < 1.29 is 21.9 Å². The van der Waals surface area contributed by atoms with Crippen molar-refractivity contribution in [1.82, 2.24) is 4.72 Å². The van der Waals surface area contributed by atoms with E-state index in [0.29, 0.717) is 0 Å². The number of benzene rings is 1. The maximum Gasteiger partial charge on any atom is 0.387 e. The Bertz CT molecular complexity index is 479. The predicted molar refractivity (Wildman–Crippen MR) is 57.7 cm³/mol. The molecule has 1 aromatic carbocycles. The molecule has 0 bridgehead atoms. The van der Waals surface area contributed by atoms with Crippen molar-refractivity contribution in [2.75, 3.05) is 0 Å². The zero-order chi connectivity index (χ0) is 13.1. The largest absolute Gasteiger partial charge is 0.434 e. The molecule has 96 valence electrons. The summed E-state index contributed by atoms with van der Waals surface area (Å²) in [5.41, 5.74) is 0.279. The van der Waals surface area contributed by atoms with E-state index in [-0.39, 0.29) is 11.3 Å². The van der Waals surface area contributed by atoms with Gasteiger partial charge in [-0.15, -0.1) is 0 Å². The van der Waals surface area contributed by atoms with Crippen LogP contribution in [0.4, 0.5) is 8.78 Å². The van der Waals surface area contributed by atoms with Crippen LogP contribution < -0.4 is 14.6 Å². The molecule has 0 aliphatic carbocycles. The Morgan fingerprint density at radius 2 is 1.94 bits per heavy atom. The molecule has 1 rings (SSSR count). The van der Waals surface area contributed by atoms with E-state index in [1.54, 1.807) is 6.07 Å². The first kappa shape index (κ1) is 13.8. The first-order valence-electron chi connectivity index (χ1n) is 4.63. The van der Waals surface area contributed by atoms with Gasteiger partial charge in [0.15, 0.2) is 0 Å². The Balaban J connectivity index is 2.96. The molecular formula is C9H12F2N2O3S. The maximum atomic E-state index is 12.1. The molecule has 0 heterocycles.